The summed E-state index contributed by atoms with van der Waals surface area (Å²) < 4.78 is 0. The number of hydrogen-bond donors (Lipinski definition) is 2. The van der Waals surface area contributed by atoms with Gasteiger partial charge < -0.3 is 15.1 Å². The third-order valence-electron chi connectivity index (χ3n) is 4.77. The van der Waals surface area contributed by atoms with E-state index in [-0.39, 0.29) is 30.7 Å². The lowest BCUT2D eigenvalue weighted by atomic mass is 9.95. The van der Waals surface area contributed by atoms with Crippen LogP contribution in [0.25, 0.3) is 5.76 Å². The fourth-order valence-corrected chi connectivity index (χ4v) is 3.36. The Morgan fingerprint density at radius 2 is 1.64 bits per heavy atom. The van der Waals surface area contributed by atoms with Gasteiger partial charge in [0.1, 0.15) is 5.76 Å². The number of carbonyl (C=O) groups is 3. The van der Waals surface area contributed by atoms with Crippen LogP contribution in [0, 0.1) is 6.92 Å². The number of carboxylic acids is 1. The number of Topliss-reactive ketones (excluding diaryl/α,β-unsaturated/α-hetero) is 1. The summed E-state index contributed by atoms with van der Waals surface area (Å²) in [4.78, 5) is 37.6. The second-order valence-electron chi connectivity index (χ2n) is 6.77. The van der Waals surface area contributed by atoms with Crippen LogP contribution in [-0.4, -0.2) is 39.3 Å². The van der Waals surface area contributed by atoms with Crippen LogP contribution in [-0.2, 0) is 14.4 Å². The summed E-state index contributed by atoms with van der Waals surface area (Å²) in [6, 6.07) is 15.2. The van der Waals surface area contributed by atoms with Crippen molar-refractivity contribution >= 4 is 23.4 Å². The number of nitrogens with zero attached hydrogens (tertiary/aromatic N) is 1. The molecule has 1 unspecified atom stereocenters. The van der Waals surface area contributed by atoms with Gasteiger partial charge in [0.2, 0.25) is 0 Å². The summed E-state index contributed by atoms with van der Waals surface area (Å²) in [6.45, 7) is 2.02. The maximum Gasteiger partial charge on any atom is 0.303 e. The van der Waals surface area contributed by atoms with Gasteiger partial charge in [-0.25, -0.2) is 0 Å². The molecule has 6 nitrogen and oxygen atoms in total. The van der Waals surface area contributed by atoms with Crippen LogP contribution in [0.4, 0.5) is 0 Å². The minimum absolute atomic E-state index is 0.0235. The zero-order chi connectivity index (χ0) is 20.3. The number of hydrogen-bond acceptors (Lipinski definition) is 4. The highest BCUT2D eigenvalue weighted by atomic mass is 16.4. The number of aliphatic hydroxyl groups is 1. The predicted molar refractivity (Wildman–Crippen MR) is 104 cm³/mol. The molecule has 1 heterocycles. The molecular formula is C22H21NO5. The lowest BCUT2D eigenvalue weighted by Gasteiger charge is -2.25. The molecule has 0 saturated carbocycles. The molecule has 0 aromatic heterocycles. The fraction of sp³-hybridized carbons (Fsp3) is 0.227. The predicted octanol–water partition coefficient (Wildman–Crippen LogP) is 3.28. The molecule has 28 heavy (non-hydrogen) atoms. The highest BCUT2D eigenvalue weighted by Crippen LogP contribution is 2.39. The number of amides is 1. The van der Waals surface area contributed by atoms with E-state index in [9.17, 15) is 19.5 Å². The summed E-state index contributed by atoms with van der Waals surface area (Å²) in [5.41, 5.74) is 2.17. The molecule has 1 saturated heterocycles. The number of carboxylic acid groups (broad SMARTS) is 1. The van der Waals surface area contributed by atoms with E-state index in [1.165, 1.54) is 4.90 Å². The maximum absolute atomic E-state index is 12.8. The minimum Gasteiger partial charge on any atom is -0.507 e. The van der Waals surface area contributed by atoms with Crippen molar-refractivity contribution in [1.82, 2.24) is 4.90 Å². The van der Waals surface area contributed by atoms with Crippen molar-refractivity contribution in [2.24, 2.45) is 0 Å². The molecular weight excluding hydrogens is 358 g/mol. The van der Waals surface area contributed by atoms with E-state index >= 15 is 0 Å². The number of likely N-dealkylation sites (tertiary alicyclic amines) is 1. The van der Waals surface area contributed by atoms with Crippen LogP contribution in [0.15, 0.2) is 60.2 Å². The zero-order valence-electron chi connectivity index (χ0n) is 15.5. The first kappa shape index (κ1) is 19.4. The molecule has 2 aromatic carbocycles. The molecule has 0 bridgehead atoms. The largest absolute Gasteiger partial charge is 0.507 e. The average Bonchev–Trinajstić information content (AvgIpc) is 2.93. The van der Waals surface area contributed by atoms with Gasteiger partial charge in [0.25, 0.3) is 11.7 Å². The van der Waals surface area contributed by atoms with Gasteiger partial charge in [-0.05, 0) is 18.9 Å². The second kappa shape index (κ2) is 8.08. The highest BCUT2D eigenvalue weighted by molar-refractivity contribution is 6.46. The molecule has 0 aliphatic carbocycles. The average molecular weight is 379 g/mol. The van der Waals surface area contributed by atoms with Gasteiger partial charge in [-0.2, -0.15) is 0 Å². The molecule has 1 amide bonds. The van der Waals surface area contributed by atoms with Crippen molar-refractivity contribution in [1.29, 1.82) is 0 Å². The van der Waals surface area contributed by atoms with E-state index in [0.29, 0.717) is 11.1 Å². The van der Waals surface area contributed by atoms with Crippen LogP contribution in [0.2, 0.25) is 0 Å². The lowest BCUT2D eigenvalue weighted by molar-refractivity contribution is -0.140. The Hall–Kier alpha value is -3.41. The van der Waals surface area contributed by atoms with Gasteiger partial charge in [-0.15, -0.1) is 0 Å². The zero-order valence-corrected chi connectivity index (χ0v) is 15.5. The molecule has 6 heteroatoms. The Morgan fingerprint density at radius 3 is 2.25 bits per heavy atom. The van der Waals surface area contributed by atoms with E-state index in [2.05, 4.69) is 0 Å². The topological polar surface area (TPSA) is 94.9 Å². The van der Waals surface area contributed by atoms with E-state index in [1.807, 2.05) is 25.1 Å². The molecule has 2 N–H and O–H groups in total. The van der Waals surface area contributed by atoms with E-state index in [1.54, 1.807) is 36.4 Å². The summed E-state index contributed by atoms with van der Waals surface area (Å²) in [7, 11) is 0. The van der Waals surface area contributed by atoms with Crippen molar-refractivity contribution in [3.8, 4) is 0 Å². The number of ketones is 1. The van der Waals surface area contributed by atoms with Crippen molar-refractivity contribution in [3.63, 3.8) is 0 Å². The first-order chi connectivity index (χ1) is 13.4. The Kier molecular flexibility index (Phi) is 5.59. The SMILES string of the molecule is Cc1ccc(/C(O)=C2/C(=O)C(=O)N(CCCC(=O)O)C2c2ccccc2)cc1. The van der Waals surface area contributed by atoms with Crippen LogP contribution in [0.3, 0.4) is 0 Å². The van der Waals surface area contributed by atoms with Crippen LogP contribution < -0.4 is 0 Å². The molecule has 1 aliphatic rings. The molecule has 1 fully saturated rings. The van der Waals surface area contributed by atoms with Gasteiger partial charge >= 0.3 is 5.97 Å². The normalized spacial score (nSPS) is 18.5. The lowest BCUT2D eigenvalue weighted by Crippen LogP contribution is -2.31. The second-order valence-corrected chi connectivity index (χ2v) is 6.77. The van der Waals surface area contributed by atoms with Crippen molar-refractivity contribution < 1.29 is 24.6 Å². The van der Waals surface area contributed by atoms with E-state index < -0.39 is 23.7 Å². The van der Waals surface area contributed by atoms with E-state index in [0.717, 1.165) is 5.56 Å². The van der Waals surface area contributed by atoms with Crippen LogP contribution in [0.5, 0.6) is 0 Å². The summed E-state index contributed by atoms with van der Waals surface area (Å²) in [6.07, 6.45) is 0.110. The number of aliphatic hydroxyl groups excluding tert-OH is 1. The van der Waals surface area contributed by atoms with Gasteiger partial charge in [0, 0.05) is 18.5 Å². The van der Waals surface area contributed by atoms with Gasteiger partial charge in [-0.1, -0.05) is 60.2 Å². The van der Waals surface area contributed by atoms with Crippen LogP contribution >= 0.6 is 0 Å². The Balaban J connectivity index is 2.07. The molecule has 144 valence electrons. The summed E-state index contributed by atoms with van der Waals surface area (Å²) >= 11 is 0. The number of benzene rings is 2. The quantitative estimate of drug-likeness (QED) is 0.456. The fourth-order valence-electron chi connectivity index (χ4n) is 3.36. The molecule has 3 rings (SSSR count). The first-order valence-electron chi connectivity index (χ1n) is 9.02. The van der Waals surface area contributed by atoms with Crippen LogP contribution in [0.1, 0.15) is 35.6 Å². The van der Waals surface area contributed by atoms with Crippen molar-refractivity contribution in [3.05, 3.63) is 76.9 Å². The third-order valence-corrected chi connectivity index (χ3v) is 4.77. The molecule has 1 atom stereocenters. The maximum atomic E-state index is 12.8. The molecule has 1 aliphatic heterocycles. The smallest absolute Gasteiger partial charge is 0.303 e. The summed E-state index contributed by atoms with van der Waals surface area (Å²) in [5, 5.41) is 19.7. The molecule has 0 radical (unpaired) electrons. The number of aliphatic carboxylic acids is 1. The monoisotopic (exact) mass is 379 g/mol. The highest BCUT2D eigenvalue weighted by Gasteiger charge is 2.45. The summed E-state index contributed by atoms with van der Waals surface area (Å²) in [5.74, 6) is -2.68. The van der Waals surface area contributed by atoms with Gasteiger partial charge in [0.15, 0.2) is 0 Å². The Labute approximate surface area is 162 Å². The number of carbonyl (C=O) groups excluding carboxylic acids is 2. The molecule has 2 aromatic rings. The minimum atomic E-state index is -0.965. The number of aryl methyl sites for hydroxylation is 1. The van der Waals surface area contributed by atoms with E-state index in [4.69, 9.17) is 5.11 Å². The first-order valence-corrected chi connectivity index (χ1v) is 9.02. The van der Waals surface area contributed by atoms with Gasteiger partial charge in [0.05, 0.1) is 11.6 Å². The van der Waals surface area contributed by atoms with Gasteiger partial charge in [-0.3, -0.25) is 14.4 Å². The standard InChI is InChI=1S/C22H21NO5/c1-14-9-11-16(12-10-14)20(26)18-19(15-6-3-2-4-7-15)23(22(28)21(18)27)13-5-8-17(24)25/h2-4,6-7,9-12,19,26H,5,8,13H2,1H3,(H,24,25)/b20-18-. The van der Waals surface area contributed by atoms with Crippen molar-refractivity contribution in [2.75, 3.05) is 6.54 Å². The third kappa shape index (κ3) is 3.81. The Bertz CT molecular complexity index is 931. The van der Waals surface area contributed by atoms with Crippen molar-refractivity contribution in [2.45, 2.75) is 25.8 Å². The number of rotatable bonds is 6. The Morgan fingerprint density at radius 1 is 1.00 bits per heavy atom. The molecule has 0 spiro atoms.